The number of carbonyl (C=O) groups excluding carboxylic acids is 1. The second kappa shape index (κ2) is 14.4. The zero-order chi connectivity index (χ0) is 26.8. The third-order valence-electron chi connectivity index (χ3n) is 6.09. The molecule has 2 amide bonds. The Kier molecular flexibility index (Phi) is 11.3. The molecule has 2 aromatic rings. The SMILES string of the molecule is CN1CCN(CCCCCCCNC(=O)Nc2snc(OCc3cc(F)c(Cl)cc3F)c2C(=O)O)CC1. The molecule has 1 fully saturated rings. The van der Waals surface area contributed by atoms with E-state index < -0.39 is 30.2 Å². The van der Waals surface area contributed by atoms with Gasteiger partial charge in [-0.1, -0.05) is 30.9 Å². The summed E-state index contributed by atoms with van der Waals surface area (Å²) >= 11 is 6.25. The largest absolute Gasteiger partial charge is 0.477 e. The van der Waals surface area contributed by atoms with E-state index in [0.717, 1.165) is 82.1 Å². The van der Waals surface area contributed by atoms with Crippen LogP contribution in [0.25, 0.3) is 0 Å². The molecule has 0 spiro atoms. The summed E-state index contributed by atoms with van der Waals surface area (Å²) in [6.07, 6.45) is 5.22. The van der Waals surface area contributed by atoms with Crippen LogP contribution >= 0.6 is 23.1 Å². The summed E-state index contributed by atoms with van der Waals surface area (Å²) in [7, 11) is 2.15. The minimum atomic E-state index is -1.38. The summed E-state index contributed by atoms with van der Waals surface area (Å²) in [6, 6.07) is 1.12. The summed E-state index contributed by atoms with van der Waals surface area (Å²) in [6.45, 7) is 5.64. The van der Waals surface area contributed by atoms with E-state index in [1.807, 2.05) is 0 Å². The molecule has 204 valence electrons. The van der Waals surface area contributed by atoms with Crippen molar-refractivity contribution in [3.63, 3.8) is 0 Å². The average molecular weight is 560 g/mol. The maximum absolute atomic E-state index is 14.0. The van der Waals surface area contributed by atoms with Gasteiger partial charge in [-0.2, -0.15) is 4.37 Å². The van der Waals surface area contributed by atoms with Crippen molar-refractivity contribution in [2.24, 2.45) is 0 Å². The van der Waals surface area contributed by atoms with Gasteiger partial charge < -0.3 is 25.0 Å². The molecule has 1 aliphatic heterocycles. The predicted octanol–water partition coefficient (Wildman–Crippen LogP) is 4.67. The zero-order valence-electron chi connectivity index (χ0n) is 20.7. The summed E-state index contributed by atoms with van der Waals surface area (Å²) < 4.78 is 36.8. The molecule has 1 aromatic heterocycles. The van der Waals surface area contributed by atoms with Gasteiger partial charge in [0.2, 0.25) is 5.88 Å². The molecular formula is C24H32ClF2N5O4S. The van der Waals surface area contributed by atoms with Crippen LogP contribution < -0.4 is 15.4 Å². The maximum atomic E-state index is 14.0. The maximum Gasteiger partial charge on any atom is 0.344 e. The molecule has 13 heteroatoms. The topological polar surface area (TPSA) is 107 Å². The molecule has 0 radical (unpaired) electrons. The lowest BCUT2D eigenvalue weighted by Crippen LogP contribution is -2.44. The highest BCUT2D eigenvalue weighted by atomic mass is 35.5. The molecule has 0 aliphatic carbocycles. The van der Waals surface area contributed by atoms with Crippen molar-refractivity contribution in [2.75, 3.05) is 51.6 Å². The number of likely N-dealkylation sites (N-methyl/N-ethyl adjacent to an activating group) is 1. The van der Waals surface area contributed by atoms with Crippen LogP contribution in [0.4, 0.5) is 18.6 Å². The van der Waals surface area contributed by atoms with Crippen molar-refractivity contribution in [3.8, 4) is 5.88 Å². The van der Waals surface area contributed by atoms with Crippen LogP contribution in [0.1, 0.15) is 48.0 Å². The van der Waals surface area contributed by atoms with Crippen molar-refractivity contribution in [1.82, 2.24) is 19.5 Å². The van der Waals surface area contributed by atoms with Gasteiger partial charge in [-0.15, -0.1) is 0 Å². The van der Waals surface area contributed by atoms with Crippen LogP contribution in [0.15, 0.2) is 12.1 Å². The minimum Gasteiger partial charge on any atom is -0.477 e. The highest BCUT2D eigenvalue weighted by molar-refractivity contribution is 7.11. The monoisotopic (exact) mass is 559 g/mol. The van der Waals surface area contributed by atoms with Crippen LogP contribution in [-0.2, 0) is 6.61 Å². The first-order chi connectivity index (χ1) is 17.7. The van der Waals surface area contributed by atoms with Gasteiger partial charge in [-0.25, -0.2) is 18.4 Å². The number of anilines is 1. The van der Waals surface area contributed by atoms with Gasteiger partial charge >= 0.3 is 12.0 Å². The van der Waals surface area contributed by atoms with E-state index in [1.165, 1.54) is 6.42 Å². The van der Waals surface area contributed by atoms with Crippen molar-refractivity contribution >= 4 is 40.1 Å². The number of carboxylic acid groups (broad SMARTS) is 1. The lowest BCUT2D eigenvalue weighted by Gasteiger charge is -2.32. The number of aromatic nitrogens is 1. The van der Waals surface area contributed by atoms with Gasteiger partial charge in [-0.3, -0.25) is 5.32 Å². The van der Waals surface area contributed by atoms with Crippen molar-refractivity contribution in [1.29, 1.82) is 0 Å². The van der Waals surface area contributed by atoms with Crippen LogP contribution in [-0.4, -0.2) is 77.6 Å². The molecule has 37 heavy (non-hydrogen) atoms. The van der Waals surface area contributed by atoms with Gasteiger partial charge in [0.05, 0.1) is 5.02 Å². The smallest absolute Gasteiger partial charge is 0.344 e. The Labute approximate surface area is 223 Å². The van der Waals surface area contributed by atoms with Gasteiger partial charge in [0.25, 0.3) is 0 Å². The highest BCUT2D eigenvalue weighted by Crippen LogP contribution is 2.31. The van der Waals surface area contributed by atoms with E-state index in [2.05, 4.69) is 31.9 Å². The fraction of sp³-hybridized carbons (Fsp3) is 0.542. The molecule has 1 aromatic carbocycles. The summed E-state index contributed by atoms with van der Waals surface area (Å²) in [5.41, 5.74) is -0.520. The molecule has 1 aliphatic rings. The molecule has 3 rings (SSSR count). The number of unbranched alkanes of at least 4 members (excludes halogenated alkanes) is 4. The summed E-state index contributed by atoms with van der Waals surface area (Å²) in [5, 5.41) is 14.3. The number of hydrogen-bond donors (Lipinski definition) is 3. The first-order valence-corrected chi connectivity index (χ1v) is 13.3. The summed E-state index contributed by atoms with van der Waals surface area (Å²) in [4.78, 5) is 28.8. The Morgan fingerprint density at radius 2 is 1.81 bits per heavy atom. The lowest BCUT2D eigenvalue weighted by molar-refractivity contribution is 0.0693. The quantitative estimate of drug-likeness (QED) is 0.242. The molecule has 0 saturated carbocycles. The lowest BCUT2D eigenvalue weighted by atomic mass is 10.1. The number of aromatic carboxylic acids is 1. The number of hydrogen-bond acceptors (Lipinski definition) is 7. The van der Waals surface area contributed by atoms with Crippen LogP contribution in [0.3, 0.4) is 0 Å². The Morgan fingerprint density at radius 1 is 1.11 bits per heavy atom. The molecular weight excluding hydrogens is 528 g/mol. The number of nitrogens with zero attached hydrogens (tertiary/aromatic N) is 3. The normalized spacial score (nSPS) is 14.5. The molecule has 0 atom stereocenters. The number of rotatable bonds is 13. The molecule has 1 saturated heterocycles. The number of nitrogens with one attached hydrogen (secondary N) is 2. The predicted molar refractivity (Wildman–Crippen MR) is 139 cm³/mol. The number of carbonyl (C=O) groups is 2. The van der Waals surface area contributed by atoms with Gasteiger partial charge in [-0.05, 0) is 50.1 Å². The summed E-state index contributed by atoms with van der Waals surface area (Å²) in [5.74, 6) is -3.31. The van der Waals surface area contributed by atoms with Crippen LogP contribution in [0.5, 0.6) is 5.88 Å². The Hall–Kier alpha value is -2.54. The molecule has 2 heterocycles. The number of halogens is 3. The minimum absolute atomic E-state index is 0.0216. The van der Waals surface area contributed by atoms with E-state index in [-0.39, 0.29) is 27.0 Å². The fourth-order valence-electron chi connectivity index (χ4n) is 3.88. The van der Waals surface area contributed by atoms with E-state index in [4.69, 9.17) is 16.3 Å². The van der Waals surface area contributed by atoms with E-state index in [0.29, 0.717) is 6.54 Å². The second-order valence-electron chi connectivity index (χ2n) is 8.94. The Morgan fingerprint density at radius 3 is 2.54 bits per heavy atom. The van der Waals surface area contributed by atoms with Crippen LogP contribution in [0.2, 0.25) is 5.02 Å². The van der Waals surface area contributed by atoms with Crippen molar-refractivity contribution in [3.05, 3.63) is 39.9 Å². The van der Waals surface area contributed by atoms with Gasteiger partial charge in [0, 0.05) is 38.3 Å². The highest BCUT2D eigenvalue weighted by Gasteiger charge is 2.24. The van der Waals surface area contributed by atoms with Gasteiger partial charge in [0.15, 0.2) is 5.56 Å². The number of ether oxygens (including phenoxy) is 1. The van der Waals surface area contributed by atoms with E-state index in [9.17, 15) is 23.5 Å². The fourth-order valence-corrected chi connectivity index (χ4v) is 4.75. The number of amides is 2. The first-order valence-electron chi connectivity index (χ1n) is 12.2. The Balaban J connectivity index is 1.36. The second-order valence-corrected chi connectivity index (χ2v) is 10.1. The molecule has 0 bridgehead atoms. The number of benzene rings is 1. The molecule has 3 N–H and O–H groups in total. The number of urea groups is 1. The number of carboxylic acids is 1. The first kappa shape index (κ1) is 29.0. The zero-order valence-corrected chi connectivity index (χ0v) is 22.3. The average Bonchev–Trinajstić information content (AvgIpc) is 3.25. The molecule has 9 nitrogen and oxygen atoms in total. The van der Waals surface area contributed by atoms with Crippen molar-refractivity contribution < 1.29 is 28.2 Å². The van der Waals surface area contributed by atoms with Gasteiger partial charge in [0.1, 0.15) is 23.2 Å². The third kappa shape index (κ3) is 9.06. The standard InChI is InChI=1S/C24H32ClF2N5O4S/c1-31-9-11-32(12-10-31)8-6-4-2-3-5-7-28-24(35)29-22-20(23(33)34)21(30-37-22)36-15-16-13-19(27)17(25)14-18(16)26/h13-14H,2-12,15H2,1H3,(H,33,34)(H2,28,29,35). The third-order valence-corrected chi connectivity index (χ3v) is 7.12. The van der Waals surface area contributed by atoms with Crippen molar-refractivity contribution in [2.45, 2.75) is 38.7 Å². The number of piperazine rings is 1. The molecule has 0 unspecified atom stereocenters. The van der Waals surface area contributed by atoms with E-state index >= 15 is 0 Å². The Bertz CT molecular complexity index is 1070. The van der Waals surface area contributed by atoms with Crippen LogP contribution in [0, 0.1) is 11.6 Å². The van der Waals surface area contributed by atoms with E-state index in [1.54, 1.807) is 0 Å².